The monoisotopic (exact) mass is 409 g/mol. The van der Waals surface area contributed by atoms with Crippen LogP contribution in [-0.2, 0) is 11.3 Å². The SMILES string of the molecule is O=C(NCc1ccc(OCC(F)F)cc1Cl)c1ccnc(NC(=O)C2CC2)c1. The molecule has 3 rings (SSSR count). The number of hydrogen-bond acceptors (Lipinski definition) is 4. The molecule has 0 unspecified atom stereocenters. The van der Waals surface area contributed by atoms with Gasteiger partial charge in [-0.15, -0.1) is 0 Å². The summed E-state index contributed by atoms with van der Waals surface area (Å²) in [7, 11) is 0. The Morgan fingerprint density at radius 3 is 2.71 bits per heavy atom. The average molecular weight is 410 g/mol. The van der Waals surface area contributed by atoms with Gasteiger partial charge in [0.05, 0.1) is 0 Å². The van der Waals surface area contributed by atoms with Crippen molar-refractivity contribution in [2.24, 2.45) is 5.92 Å². The Morgan fingerprint density at radius 2 is 2.04 bits per heavy atom. The summed E-state index contributed by atoms with van der Waals surface area (Å²) in [6.45, 7) is -0.576. The van der Waals surface area contributed by atoms with E-state index in [0.717, 1.165) is 12.8 Å². The first kappa shape index (κ1) is 20.0. The third-order valence-corrected chi connectivity index (χ3v) is 4.41. The van der Waals surface area contributed by atoms with Crippen LogP contribution in [0.2, 0.25) is 5.02 Å². The molecule has 1 fully saturated rings. The number of nitrogens with zero attached hydrogens (tertiary/aromatic N) is 1. The van der Waals surface area contributed by atoms with Gasteiger partial charge in [0.25, 0.3) is 12.3 Å². The van der Waals surface area contributed by atoms with E-state index < -0.39 is 13.0 Å². The van der Waals surface area contributed by atoms with E-state index in [0.29, 0.717) is 22.0 Å². The van der Waals surface area contributed by atoms with Crippen molar-refractivity contribution in [3.63, 3.8) is 0 Å². The number of rotatable bonds is 8. The molecule has 2 N–H and O–H groups in total. The van der Waals surface area contributed by atoms with E-state index in [4.69, 9.17) is 16.3 Å². The van der Waals surface area contributed by atoms with Crippen LogP contribution in [-0.4, -0.2) is 29.8 Å². The van der Waals surface area contributed by atoms with Gasteiger partial charge in [-0.05, 0) is 42.7 Å². The molecule has 6 nitrogen and oxygen atoms in total. The summed E-state index contributed by atoms with van der Waals surface area (Å²) in [6.07, 6.45) is 0.619. The Hall–Kier alpha value is -2.74. The van der Waals surface area contributed by atoms with Crippen molar-refractivity contribution < 1.29 is 23.1 Å². The molecule has 0 saturated heterocycles. The summed E-state index contributed by atoms with van der Waals surface area (Å²) in [4.78, 5) is 28.2. The van der Waals surface area contributed by atoms with Crippen molar-refractivity contribution in [3.8, 4) is 5.75 Å². The van der Waals surface area contributed by atoms with E-state index in [-0.39, 0.29) is 30.0 Å². The first-order valence-corrected chi connectivity index (χ1v) is 9.04. The van der Waals surface area contributed by atoms with Crippen LogP contribution in [0.1, 0.15) is 28.8 Å². The van der Waals surface area contributed by atoms with Crippen LogP contribution in [0.25, 0.3) is 0 Å². The largest absolute Gasteiger partial charge is 0.488 e. The first-order valence-electron chi connectivity index (χ1n) is 8.67. The zero-order valence-corrected chi connectivity index (χ0v) is 15.5. The third kappa shape index (κ3) is 5.63. The van der Waals surface area contributed by atoms with Gasteiger partial charge in [-0.3, -0.25) is 9.59 Å². The number of amides is 2. The van der Waals surface area contributed by atoms with Crippen molar-refractivity contribution in [3.05, 3.63) is 52.7 Å². The molecule has 1 heterocycles. The van der Waals surface area contributed by atoms with E-state index in [1.54, 1.807) is 6.07 Å². The Kier molecular flexibility index (Phi) is 6.41. The molecule has 2 amide bonds. The van der Waals surface area contributed by atoms with Gasteiger partial charge < -0.3 is 15.4 Å². The fraction of sp³-hybridized carbons (Fsp3) is 0.316. The summed E-state index contributed by atoms with van der Waals surface area (Å²) in [6, 6.07) is 7.55. The maximum absolute atomic E-state index is 12.4. The van der Waals surface area contributed by atoms with E-state index in [2.05, 4.69) is 15.6 Å². The van der Waals surface area contributed by atoms with Crippen LogP contribution in [0, 0.1) is 5.92 Å². The van der Waals surface area contributed by atoms with Crippen LogP contribution in [0.5, 0.6) is 5.75 Å². The zero-order chi connectivity index (χ0) is 20.1. The molecule has 1 aliphatic carbocycles. The van der Waals surface area contributed by atoms with Crippen LogP contribution in [0.3, 0.4) is 0 Å². The van der Waals surface area contributed by atoms with Crippen LogP contribution < -0.4 is 15.4 Å². The molecular weight excluding hydrogens is 392 g/mol. The lowest BCUT2D eigenvalue weighted by molar-refractivity contribution is -0.117. The summed E-state index contributed by atoms with van der Waals surface area (Å²) in [5.41, 5.74) is 0.949. The number of nitrogens with one attached hydrogen (secondary N) is 2. The maximum atomic E-state index is 12.4. The molecule has 1 aromatic carbocycles. The highest BCUT2D eigenvalue weighted by molar-refractivity contribution is 6.31. The number of benzene rings is 1. The highest BCUT2D eigenvalue weighted by Gasteiger charge is 2.29. The predicted molar refractivity (Wildman–Crippen MR) is 99.7 cm³/mol. The number of aromatic nitrogens is 1. The minimum absolute atomic E-state index is 0.0362. The maximum Gasteiger partial charge on any atom is 0.272 e. The third-order valence-electron chi connectivity index (χ3n) is 4.06. The zero-order valence-electron chi connectivity index (χ0n) is 14.8. The van der Waals surface area contributed by atoms with E-state index in [1.165, 1.54) is 30.5 Å². The molecule has 148 valence electrons. The standard InChI is InChI=1S/C19H18ClF2N3O3/c20-15-8-14(28-10-16(21)22)4-3-13(15)9-24-18(26)12-5-6-23-17(7-12)25-19(27)11-1-2-11/h3-8,11,16H,1-2,9-10H2,(H,24,26)(H,23,25,27). The predicted octanol–water partition coefficient (Wildman–Crippen LogP) is 3.66. The topological polar surface area (TPSA) is 80.3 Å². The number of ether oxygens (including phenoxy) is 1. The van der Waals surface area contributed by atoms with Crippen LogP contribution >= 0.6 is 11.6 Å². The molecule has 0 radical (unpaired) electrons. The van der Waals surface area contributed by atoms with Crippen molar-refractivity contribution >= 4 is 29.2 Å². The lowest BCUT2D eigenvalue weighted by Gasteiger charge is -2.10. The van der Waals surface area contributed by atoms with Crippen molar-refractivity contribution in [1.29, 1.82) is 0 Å². The Balaban J connectivity index is 1.57. The quantitative estimate of drug-likeness (QED) is 0.697. The first-order chi connectivity index (χ1) is 13.4. The lowest BCUT2D eigenvalue weighted by atomic mass is 10.2. The summed E-state index contributed by atoms with van der Waals surface area (Å²) in [5, 5.41) is 5.70. The van der Waals surface area contributed by atoms with Gasteiger partial charge in [-0.25, -0.2) is 13.8 Å². The van der Waals surface area contributed by atoms with Gasteiger partial charge in [-0.2, -0.15) is 0 Å². The van der Waals surface area contributed by atoms with Gasteiger partial charge in [-0.1, -0.05) is 17.7 Å². The smallest absolute Gasteiger partial charge is 0.272 e. The molecular formula is C19H18ClF2N3O3. The number of anilines is 1. The number of carbonyl (C=O) groups is 2. The molecule has 28 heavy (non-hydrogen) atoms. The number of carbonyl (C=O) groups excluding carboxylic acids is 2. The highest BCUT2D eigenvalue weighted by Crippen LogP contribution is 2.30. The van der Waals surface area contributed by atoms with Gasteiger partial charge >= 0.3 is 0 Å². The molecule has 1 saturated carbocycles. The summed E-state index contributed by atoms with van der Waals surface area (Å²) >= 11 is 6.12. The van der Waals surface area contributed by atoms with Gasteiger partial charge in [0.15, 0.2) is 0 Å². The number of halogens is 3. The van der Waals surface area contributed by atoms with Gasteiger partial charge in [0, 0.05) is 29.2 Å². The van der Waals surface area contributed by atoms with Crippen molar-refractivity contribution in [1.82, 2.24) is 10.3 Å². The molecule has 1 aliphatic rings. The Labute approximate surface area is 165 Å². The summed E-state index contributed by atoms with van der Waals surface area (Å²) < 4.78 is 29.3. The molecule has 0 spiro atoms. The molecule has 0 aliphatic heterocycles. The molecule has 0 bridgehead atoms. The summed E-state index contributed by atoms with van der Waals surface area (Å²) in [5.74, 6) is 0.132. The second-order valence-electron chi connectivity index (χ2n) is 6.33. The number of alkyl halides is 2. The lowest BCUT2D eigenvalue weighted by Crippen LogP contribution is -2.23. The van der Waals surface area contributed by atoms with Crippen LogP contribution in [0.4, 0.5) is 14.6 Å². The van der Waals surface area contributed by atoms with Gasteiger partial charge in [0.1, 0.15) is 18.2 Å². The minimum atomic E-state index is -2.57. The van der Waals surface area contributed by atoms with Crippen LogP contribution in [0.15, 0.2) is 36.5 Å². The van der Waals surface area contributed by atoms with Gasteiger partial charge in [0.2, 0.25) is 5.91 Å². The van der Waals surface area contributed by atoms with Crippen molar-refractivity contribution in [2.75, 3.05) is 11.9 Å². The average Bonchev–Trinajstić information content (AvgIpc) is 3.51. The molecule has 2 aromatic rings. The highest BCUT2D eigenvalue weighted by atomic mass is 35.5. The fourth-order valence-corrected chi connectivity index (χ4v) is 2.65. The minimum Gasteiger partial charge on any atom is -0.488 e. The van der Waals surface area contributed by atoms with E-state index >= 15 is 0 Å². The Bertz CT molecular complexity index is 875. The molecule has 0 atom stereocenters. The molecule has 1 aromatic heterocycles. The second-order valence-corrected chi connectivity index (χ2v) is 6.74. The number of hydrogen-bond donors (Lipinski definition) is 2. The Morgan fingerprint density at radius 1 is 1.25 bits per heavy atom. The van der Waals surface area contributed by atoms with E-state index in [9.17, 15) is 18.4 Å². The fourth-order valence-electron chi connectivity index (χ4n) is 2.41. The van der Waals surface area contributed by atoms with Crippen molar-refractivity contribution in [2.45, 2.75) is 25.8 Å². The molecule has 9 heteroatoms. The number of pyridine rings is 1. The normalized spacial score (nSPS) is 13.3. The van der Waals surface area contributed by atoms with E-state index in [1.807, 2.05) is 0 Å². The second kappa shape index (κ2) is 8.97.